The maximum atomic E-state index is 12.9. The third-order valence-corrected chi connectivity index (χ3v) is 7.00. The summed E-state index contributed by atoms with van der Waals surface area (Å²) in [4.78, 5) is 27.1. The van der Waals surface area contributed by atoms with Crippen molar-refractivity contribution in [3.8, 4) is 5.69 Å². The molecule has 1 fully saturated rings. The zero-order valence-electron chi connectivity index (χ0n) is 24.9. The Labute approximate surface area is 238 Å². The maximum Gasteiger partial charge on any atom is 0.410 e. The first-order chi connectivity index (χ1) is 18.8. The fourth-order valence-corrected chi connectivity index (χ4v) is 4.70. The summed E-state index contributed by atoms with van der Waals surface area (Å²) < 4.78 is 7.28. The number of benzene rings is 2. The summed E-state index contributed by atoms with van der Waals surface area (Å²) in [6.07, 6.45) is 2.62. The molecule has 1 saturated heterocycles. The van der Waals surface area contributed by atoms with Crippen LogP contribution >= 0.6 is 0 Å². The average Bonchev–Trinajstić information content (AvgIpc) is 3.29. The van der Waals surface area contributed by atoms with E-state index >= 15 is 0 Å². The number of aryl methyl sites for hydroxylation is 1. The van der Waals surface area contributed by atoms with Gasteiger partial charge in [-0.05, 0) is 82.7 Å². The highest BCUT2D eigenvalue weighted by Gasteiger charge is 2.27. The van der Waals surface area contributed by atoms with Crippen LogP contribution in [0.3, 0.4) is 0 Å². The van der Waals surface area contributed by atoms with Gasteiger partial charge in [0.1, 0.15) is 11.4 Å². The van der Waals surface area contributed by atoms with E-state index in [1.807, 2.05) is 75.1 Å². The number of carbonyl (C=O) groups excluding carboxylic acids is 2. The van der Waals surface area contributed by atoms with Gasteiger partial charge >= 0.3 is 12.1 Å². The van der Waals surface area contributed by atoms with E-state index < -0.39 is 5.60 Å². The van der Waals surface area contributed by atoms with Gasteiger partial charge < -0.3 is 15.0 Å². The molecule has 8 heteroatoms. The number of nitrogens with zero attached hydrogens (tertiary/aromatic N) is 3. The number of amides is 3. The molecule has 0 aliphatic carbocycles. The fraction of sp³-hybridized carbons (Fsp3) is 0.469. The number of nitrogens with one attached hydrogen (secondary N) is 2. The predicted molar refractivity (Wildman–Crippen MR) is 160 cm³/mol. The molecule has 3 aromatic rings. The van der Waals surface area contributed by atoms with Crippen LogP contribution in [0.15, 0.2) is 54.6 Å². The molecule has 1 aromatic heterocycles. The number of urea groups is 1. The number of aromatic nitrogens is 2. The Balaban J connectivity index is 1.33. The standard InChI is InChI=1S/C32H43N5O3/c1-22-8-14-26(15-9-22)37-28(21-27(35-37)31(2,3)4)34-29(38)33-25-12-10-23(11-13-25)20-24-16-18-36(19-17-24)30(39)40-32(5,6)7/h8-15,21,24H,16-20H2,1-7H3,(H2,33,34,38). The first-order valence-electron chi connectivity index (χ1n) is 14.1. The van der Waals surface area contributed by atoms with Gasteiger partial charge in [0.2, 0.25) is 0 Å². The van der Waals surface area contributed by atoms with Crippen molar-refractivity contribution < 1.29 is 14.3 Å². The number of hydrogen-bond acceptors (Lipinski definition) is 4. The van der Waals surface area contributed by atoms with Crippen molar-refractivity contribution in [3.63, 3.8) is 0 Å². The smallest absolute Gasteiger partial charge is 0.410 e. The van der Waals surface area contributed by atoms with Crippen LogP contribution in [0.1, 0.15) is 71.2 Å². The van der Waals surface area contributed by atoms with Crippen molar-refractivity contribution in [2.75, 3.05) is 23.7 Å². The van der Waals surface area contributed by atoms with Crippen molar-refractivity contribution in [3.05, 3.63) is 71.4 Å². The Morgan fingerprint density at radius 3 is 2.12 bits per heavy atom. The second kappa shape index (κ2) is 11.7. The zero-order valence-corrected chi connectivity index (χ0v) is 24.9. The van der Waals surface area contributed by atoms with Gasteiger partial charge in [0, 0.05) is 30.3 Å². The molecule has 0 radical (unpaired) electrons. The van der Waals surface area contributed by atoms with Gasteiger partial charge in [-0.2, -0.15) is 5.10 Å². The van der Waals surface area contributed by atoms with E-state index in [-0.39, 0.29) is 17.5 Å². The van der Waals surface area contributed by atoms with Crippen molar-refractivity contribution >= 4 is 23.6 Å². The molecule has 40 heavy (non-hydrogen) atoms. The van der Waals surface area contributed by atoms with Crippen LogP contribution in [0.4, 0.5) is 21.1 Å². The zero-order chi connectivity index (χ0) is 29.1. The molecule has 0 unspecified atom stereocenters. The van der Waals surface area contributed by atoms with Crippen LogP contribution in [0.5, 0.6) is 0 Å². The number of anilines is 2. The number of likely N-dealkylation sites (tertiary alicyclic amines) is 1. The minimum atomic E-state index is -0.474. The van der Waals surface area contributed by atoms with Gasteiger partial charge in [0.05, 0.1) is 11.4 Å². The fourth-order valence-electron chi connectivity index (χ4n) is 4.70. The lowest BCUT2D eigenvalue weighted by atomic mass is 9.90. The third kappa shape index (κ3) is 7.87. The largest absolute Gasteiger partial charge is 0.444 e. The Morgan fingerprint density at radius 2 is 1.55 bits per heavy atom. The lowest BCUT2D eigenvalue weighted by Gasteiger charge is -2.33. The highest BCUT2D eigenvalue weighted by atomic mass is 16.6. The van der Waals surface area contributed by atoms with Gasteiger partial charge in [-0.25, -0.2) is 14.3 Å². The molecule has 1 aliphatic heterocycles. The molecule has 0 spiro atoms. The maximum absolute atomic E-state index is 12.9. The summed E-state index contributed by atoms with van der Waals surface area (Å²) in [5.41, 5.74) is 4.24. The number of hydrogen-bond donors (Lipinski definition) is 2. The second-order valence-electron chi connectivity index (χ2n) is 12.8. The van der Waals surface area contributed by atoms with Crippen LogP contribution in [0, 0.1) is 12.8 Å². The second-order valence-corrected chi connectivity index (χ2v) is 12.8. The Bertz CT molecular complexity index is 1310. The Kier molecular flexibility index (Phi) is 8.57. The summed E-state index contributed by atoms with van der Waals surface area (Å²) in [7, 11) is 0. The molecule has 4 rings (SSSR count). The van der Waals surface area contributed by atoms with E-state index in [9.17, 15) is 9.59 Å². The average molecular weight is 546 g/mol. The van der Waals surface area contributed by atoms with Crippen molar-refractivity contribution in [1.29, 1.82) is 0 Å². The highest BCUT2D eigenvalue weighted by Crippen LogP contribution is 2.27. The quantitative estimate of drug-likeness (QED) is 0.352. The topological polar surface area (TPSA) is 88.5 Å². The Hall–Kier alpha value is -3.81. The molecule has 8 nitrogen and oxygen atoms in total. The molecule has 0 bridgehead atoms. The van der Waals surface area contributed by atoms with E-state index in [0.29, 0.717) is 11.7 Å². The monoisotopic (exact) mass is 545 g/mol. The van der Waals surface area contributed by atoms with Gasteiger partial charge in [-0.15, -0.1) is 0 Å². The number of ether oxygens (including phenoxy) is 1. The minimum Gasteiger partial charge on any atom is -0.444 e. The molecule has 0 atom stereocenters. The van der Waals surface area contributed by atoms with E-state index in [4.69, 9.17) is 9.84 Å². The molecular formula is C32H43N5O3. The van der Waals surface area contributed by atoms with Gasteiger partial charge in [0.15, 0.2) is 0 Å². The summed E-state index contributed by atoms with van der Waals surface area (Å²) in [5.74, 6) is 1.13. The van der Waals surface area contributed by atoms with E-state index in [1.165, 1.54) is 5.56 Å². The highest BCUT2D eigenvalue weighted by molar-refractivity contribution is 5.99. The molecule has 2 heterocycles. The third-order valence-electron chi connectivity index (χ3n) is 7.00. The molecule has 3 amide bonds. The van der Waals surface area contributed by atoms with Crippen molar-refractivity contribution in [2.45, 2.75) is 78.7 Å². The molecular weight excluding hydrogens is 502 g/mol. The van der Waals surface area contributed by atoms with E-state index in [2.05, 4.69) is 43.5 Å². The number of carbonyl (C=O) groups is 2. The van der Waals surface area contributed by atoms with Crippen molar-refractivity contribution in [1.82, 2.24) is 14.7 Å². The minimum absolute atomic E-state index is 0.162. The Morgan fingerprint density at radius 1 is 0.925 bits per heavy atom. The molecule has 1 aliphatic rings. The van der Waals surface area contributed by atoms with Gasteiger partial charge in [-0.1, -0.05) is 50.6 Å². The SMILES string of the molecule is Cc1ccc(-n2nc(C(C)(C)C)cc2NC(=O)Nc2ccc(CC3CCN(C(=O)OC(C)(C)C)CC3)cc2)cc1. The molecule has 2 aromatic carbocycles. The van der Waals surface area contributed by atoms with Crippen LogP contribution in [0.2, 0.25) is 0 Å². The first-order valence-corrected chi connectivity index (χ1v) is 14.1. The summed E-state index contributed by atoms with van der Waals surface area (Å²) in [6.45, 7) is 15.5. The molecule has 0 saturated carbocycles. The number of rotatable bonds is 5. The summed E-state index contributed by atoms with van der Waals surface area (Å²) in [6, 6.07) is 17.6. The van der Waals surface area contributed by atoms with E-state index in [0.717, 1.165) is 55.0 Å². The van der Waals surface area contributed by atoms with Crippen molar-refractivity contribution in [2.24, 2.45) is 5.92 Å². The molecule has 214 valence electrons. The van der Waals surface area contributed by atoms with Gasteiger partial charge in [0.25, 0.3) is 0 Å². The van der Waals surface area contributed by atoms with Gasteiger partial charge in [-0.3, -0.25) is 5.32 Å². The predicted octanol–water partition coefficient (Wildman–Crippen LogP) is 7.31. The number of piperidine rings is 1. The summed E-state index contributed by atoms with van der Waals surface area (Å²) in [5, 5.41) is 10.7. The lowest BCUT2D eigenvalue weighted by Crippen LogP contribution is -2.42. The normalized spacial score (nSPS) is 14.6. The van der Waals surface area contributed by atoms with Crippen LogP contribution in [-0.4, -0.2) is 45.5 Å². The van der Waals surface area contributed by atoms with Crippen LogP contribution < -0.4 is 10.6 Å². The summed E-state index contributed by atoms with van der Waals surface area (Å²) >= 11 is 0. The van der Waals surface area contributed by atoms with E-state index in [1.54, 1.807) is 4.68 Å². The molecule has 2 N–H and O–H groups in total. The van der Waals surface area contributed by atoms with Crippen LogP contribution in [0.25, 0.3) is 5.69 Å². The lowest BCUT2D eigenvalue weighted by molar-refractivity contribution is 0.0184. The first kappa shape index (κ1) is 29.2. The van der Waals surface area contributed by atoms with Crippen LogP contribution in [-0.2, 0) is 16.6 Å².